The van der Waals surface area contributed by atoms with Gasteiger partial charge in [-0.15, -0.1) is 0 Å². The van der Waals surface area contributed by atoms with Crippen molar-refractivity contribution in [3.8, 4) is 0 Å². The number of benzene rings is 1. The molecule has 0 aliphatic heterocycles. The molecule has 0 spiro atoms. The molecule has 1 amide bonds. The van der Waals surface area contributed by atoms with Crippen molar-refractivity contribution >= 4 is 44.2 Å². The number of thiazole rings is 1. The van der Waals surface area contributed by atoms with E-state index in [1.807, 2.05) is 43.7 Å². The van der Waals surface area contributed by atoms with Crippen molar-refractivity contribution < 1.29 is 4.79 Å². The third-order valence-electron chi connectivity index (χ3n) is 4.79. The number of rotatable bonds is 5. The Balaban J connectivity index is 1.73. The zero-order valence-electron chi connectivity index (χ0n) is 16.7. The number of carbonyl (C=O) groups is 1. The maximum absolute atomic E-state index is 13.3. The Morgan fingerprint density at radius 1 is 1.24 bits per heavy atom. The Morgan fingerprint density at radius 3 is 2.69 bits per heavy atom. The van der Waals surface area contributed by atoms with Crippen LogP contribution in [0.4, 0.5) is 5.13 Å². The van der Waals surface area contributed by atoms with E-state index in [0.29, 0.717) is 28.9 Å². The first-order chi connectivity index (χ1) is 13.8. The molecule has 3 aromatic heterocycles. The monoisotopic (exact) mass is 428 g/mol. The van der Waals surface area contributed by atoms with Crippen LogP contribution in [0.2, 0.25) is 5.02 Å². The molecule has 4 rings (SSSR count). The van der Waals surface area contributed by atoms with Crippen molar-refractivity contribution in [1.29, 1.82) is 0 Å². The van der Waals surface area contributed by atoms with Gasteiger partial charge >= 0.3 is 0 Å². The standard InChI is InChI=1S/C20H21ClN6OS/c1-12-9-15(21)11-17-18(12)23-20(29-17)26(19(28)16-5-6-22-25(16)4)7-8-27-14(3)10-13(2)24-27/h5-6,9-11H,7-8H2,1-4H3. The molecule has 1 aromatic carbocycles. The molecule has 0 radical (unpaired) electrons. The molecule has 0 aliphatic rings. The predicted molar refractivity (Wildman–Crippen MR) is 116 cm³/mol. The van der Waals surface area contributed by atoms with Crippen LogP contribution in [0.3, 0.4) is 0 Å². The smallest absolute Gasteiger partial charge is 0.278 e. The van der Waals surface area contributed by atoms with Crippen molar-refractivity contribution in [2.24, 2.45) is 7.05 Å². The van der Waals surface area contributed by atoms with E-state index in [-0.39, 0.29) is 5.91 Å². The molecule has 29 heavy (non-hydrogen) atoms. The highest BCUT2D eigenvalue weighted by Crippen LogP contribution is 2.33. The molecule has 9 heteroatoms. The van der Waals surface area contributed by atoms with E-state index in [1.54, 1.807) is 28.9 Å². The molecule has 0 unspecified atom stereocenters. The van der Waals surface area contributed by atoms with Gasteiger partial charge in [0.2, 0.25) is 0 Å². The van der Waals surface area contributed by atoms with Crippen LogP contribution in [0.5, 0.6) is 0 Å². The average Bonchev–Trinajstić information content (AvgIpc) is 3.34. The minimum Gasteiger partial charge on any atom is -0.281 e. The highest BCUT2D eigenvalue weighted by Gasteiger charge is 2.24. The summed E-state index contributed by atoms with van der Waals surface area (Å²) in [6, 6.07) is 7.51. The lowest BCUT2D eigenvalue weighted by Crippen LogP contribution is -2.35. The van der Waals surface area contributed by atoms with Gasteiger partial charge in [0.05, 0.1) is 22.5 Å². The molecule has 0 fully saturated rings. The maximum atomic E-state index is 13.3. The number of fused-ring (bicyclic) bond motifs is 1. The van der Waals surface area contributed by atoms with E-state index < -0.39 is 0 Å². The van der Waals surface area contributed by atoms with Gasteiger partial charge in [0.1, 0.15) is 5.69 Å². The zero-order chi connectivity index (χ0) is 20.7. The fraction of sp³-hybridized carbons (Fsp3) is 0.300. The van der Waals surface area contributed by atoms with Gasteiger partial charge in [-0.2, -0.15) is 10.2 Å². The second kappa shape index (κ2) is 7.61. The minimum atomic E-state index is -0.144. The average molecular weight is 429 g/mol. The van der Waals surface area contributed by atoms with Crippen LogP contribution < -0.4 is 4.90 Å². The van der Waals surface area contributed by atoms with Gasteiger partial charge in [-0.3, -0.25) is 19.1 Å². The molecule has 0 bridgehead atoms. The lowest BCUT2D eigenvalue weighted by molar-refractivity contribution is 0.0976. The Hall–Kier alpha value is -2.71. The summed E-state index contributed by atoms with van der Waals surface area (Å²) >= 11 is 7.67. The number of hydrogen-bond donors (Lipinski definition) is 0. The first-order valence-corrected chi connectivity index (χ1v) is 10.4. The number of aryl methyl sites for hydroxylation is 4. The summed E-state index contributed by atoms with van der Waals surface area (Å²) in [5.41, 5.74) is 4.37. The summed E-state index contributed by atoms with van der Waals surface area (Å²) in [7, 11) is 1.76. The van der Waals surface area contributed by atoms with Gasteiger partial charge in [0, 0.05) is 30.5 Å². The molecule has 7 nitrogen and oxygen atoms in total. The Labute approximate surface area is 177 Å². The van der Waals surface area contributed by atoms with Crippen molar-refractivity contribution in [1.82, 2.24) is 24.5 Å². The predicted octanol–water partition coefficient (Wildman–Crippen LogP) is 4.15. The van der Waals surface area contributed by atoms with Crippen LogP contribution in [-0.2, 0) is 13.6 Å². The summed E-state index contributed by atoms with van der Waals surface area (Å²) in [6.45, 7) is 6.96. The van der Waals surface area contributed by atoms with E-state index >= 15 is 0 Å². The van der Waals surface area contributed by atoms with Crippen LogP contribution in [-0.4, -0.2) is 37.0 Å². The molecule has 4 aromatic rings. The molecule has 150 valence electrons. The molecule has 3 heterocycles. The first-order valence-electron chi connectivity index (χ1n) is 9.21. The van der Waals surface area contributed by atoms with E-state index in [4.69, 9.17) is 16.6 Å². The second-order valence-electron chi connectivity index (χ2n) is 7.01. The van der Waals surface area contributed by atoms with Crippen LogP contribution >= 0.6 is 22.9 Å². The SMILES string of the molecule is Cc1cc(C)n(CCN(C(=O)c2ccnn2C)c2nc3c(C)cc(Cl)cc3s2)n1. The van der Waals surface area contributed by atoms with Crippen molar-refractivity contribution in [3.05, 3.63) is 58.1 Å². The van der Waals surface area contributed by atoms with Gasteiger partial charge < -0.3 is 0 Å². The van der Waals surface area contributed by atoms with Gasteiger partial charge in [-0.25, -0.2) is 4.98 Å². The number of hydrogen-bond acceptors (Lipinski definition) is 5. The van der Waals surface area contributed by atoms with Crippen LogP contribution in [0.15, 0.2) is 30.5 Å². The molecule has 0 saturated carbocycles. The fourth-order valence-electron chi connectivity index (χ4n) is 3.36. The van der Waals surface area contributed by atoms with E-state index in [2.05, 4.69) is 10.2 Å². The number of nitrogens with zero attached hydrogens (tertiary/aromatic N) is 6. The quantitative estimate of drug-likeness (QED) is 0.478. The van der Waals surface area contributed by atoms with Crippen molar-refractivity contribution in [2.75, 3.05) is 11.4 Å². The Kier molecular flexibility index (Phi) is 5.14. The lowest BCUT2D eigenvalue weighted by atomic mass is 10.2. The maximum Gasteiger partial charge on any atom is 0.278 e. The van der Waals surface area contributed by atoms with Crippen LogP contribution in [0.25, 0.3) is 10.2 Å². The van der Waals surface area contributed by atoms with Gasteiger partial charge in [-0.1, -0.05) is 22.9 Å². The second-order valence-corrected chi connectivity index (χ2v) is 8.46. The zero-order valence-corrected chi connectivity index (χ0v) is 18.3. The minimum absolute atomic E-state index is 0.144. The summed E-state index contributed by atoms with van der Waals surface area (Å²) in [5.74, 6) is -0.144. The first kappa shape index (κ1) is 19.6. The van der Waals surface area contributed by atoms with Crippen LogP contribution in [0.1, 0.15) is 27.4 Å². The van der Waals surface area contributed by atoms with E-state index in [0.717, 1.165) is 27.2 Å². The number of carbonyl (C=O) groups excluding carboxylic acids is 1. The summed E-state index contributed by atoms with van der Waals surface area (Å²) < 4.78 is 4.45. The van der Waals surface area contributed by atoms with E-state index in [9.17, 15) is 4.79 Å². The number of aromatic nitrogens is 5. The largest absolute Gasteiger partial charge is 0.281 e. The number of halogens is 1. The van der Waals surface area contributed by atoms with Crippen LogP contribution in [0, 0.1) is 20.8 Å². The normalized spacial score (nSPS) is 11.3. The number of anilines is 1. The molecule has 0 atom stereocenters. The highest BCUT2D eigenvalue weighted by molar-refractivity contribution is 7.22. The van der Waals surface area contributed by atoms with Gasteiger partial charge in [0.25, 0.3) is 5.91 Å². The van der Waals surface area contributed by atoms with Gasteiger partial charge in [0.15, 0.2) is 5.13 Å². The molecular weight excluding hydrogens is 408 g/mol. The van der Waals surface area contributed by atoms with Crippen molar-refractivity contribution in [3.63, 3.8) is 0 Å². The highest BCUT2D eigenvalue weighted by atomic mass is 35.5. The van der Waals surface area contributed by atoms with Crippen molar-refractivity contribution in [2.45, 2.75) is 27.3 Å². The topological polar surface area (TPSA) is 68.8 Å². The number of amides is 1. The van der Waals surface area contributed by atoms with Gasteiger partial charge in [-0.05, 0) is 50.6 Å². The summed E-state index contributed by atoms with van der Waals surface area (Å²) in [5, 5.41) is 9.95. The molecule has 0 aliphatic carbocycles. The third-order valence-corrected chi connectivity index (χ3v) is 6.04. The summed E-state index contributed by atoms with van der Waals surface area (Å²) in [4.78, 5) is 19.8. The summed E-state index contributed by atoms with van der Waals surface area (Å²) in [6.07, 6.45) is 1.62. The molecule has 0 N–H and O–H groups in total. The Bertz CT molecular complexity index is 1210. The molecular formula is C20H21ClN6OS. The van der Waals surface area contributed by atoms with E-state index in [1.165, 1.54) is 11.3 Å². The third kappa shape index (κ3) is 3.77. The molecule has 0 saturated heterocycles. The fourth-order valence-corrected chi connectivity index (χ4v) is 4.80. The Morgan fingerprint density at radius 2 is 2.03 bits per heavy atom. The lowest BCUT2D eigenvalue weighted by Gasteiger charge is -2.20.